The van der Waals surface area contributed by atoms with Crippen molar-refractivity contribution >= 4 is 0 Å². The molecule has 72 valence electrons. The summed E-state index contributed by atoms with van der Waals surface area (Å²) in [5, 5.41) is 8.06. The van der Waals surface area contributed by atoms with Crippen molar-refractivity contribution in [3.8, 4) is 0 Å². The molecule has 3 fully saturated rings. The van der Waals surface area contributed by atoms with Crippen LogP contribution in [0.4, 0.5) is 0 Å². The summed E-state index contributed by atoms with van der Waals surface area (Å²) in [5.74, 6) is 1.11. The Morgan fingerprint density at radius 3 is 1.50 bits per heavy atom. The highest BCUT2D eigenvalue weighted by Gasteiger charge is 2.24. The minimum absolute atomic E-state index is 0.167. The Morgan fingerprint density at radius 2 is 1.42 bits per heavy atom. The number of nitrogens with zero attached hydrogens (tertiary/aromatic N) is 1. The SMILES string of the molecule is C1CN2CCC1CC2.CC(C)O. The van der Waals surface area contributed by atoms with Crippen LogP contribution < -0.4 is 0 Å². The molecule has 0 aromatic rings. The Bertz CT molecular complexity index is 91.2. The second-order valence-electron chi connectivity index (χ2n) is 4.17. The van der Waals surface area contributed by atoms with Crippen molar-refractivity contribution in [3.05, 3.63) is 0 Å². The average molecular weight is 171 g/mol. The number of aliphatic hydroxyl groups is 1. The van der Waals surface area contributed by atoms with Gasteiger partial charge in [-0.25, -0.2) is 0 Å². The van der Waals surface area contributed by atoms with Crippen molar-refractivity contribution in [3.63, 3.8) is 0 Å². The summed E-state index contributed by atoms with van der Waals surface area (Å²) in [6, 6.07) is 0. The second kappa shape index (κ2) is 4.83. The molecule has 0 aliphatic carbocycles. The van der Waals surface area contributed by atoms with E-state index in [2.05, 4.69) is 4.90 Å². The summed E-state index contributed by atoms with van der Waals surface area (Å²) in [5.41, 5.74) is 0. The molecule has 0 atom stereocenters. The third-order valence-electron chi connectivity index (χ3n) is 2.56. The smallest absolute Gasteiger partial charge is 0.0483 e. The Balaban J connectivity index is 0.000000157. The van der Waals surface area contributed by atoms with Gasteiger partial charge in [-0.2, -0.15) is 0 Å². The van der Waals surface area contributed by atoms with Gasteiger partial charge in [0.25, 0.3) is 0 Å². The zero-order chi connectivity index (χ0) is 8.97. The summed E-state index contributed by atoms with van der Waals surface area (Å²) >= 11 is 0. The Labute approximate surface area is 75.6 Å². The third kappa shape index (κ3) is 3.55. The predicted molar refractivity (Wildman–Crippen MR) is 51.1 cm³/mol. The molecule has 3 saturated heterocycles. The molecule has 3 aliphatic rings. The standard InChI is InChI=1S/C7H13N.C3H8O/c1-4-8-5-2-7(1)3-6-8;1-3(2)4/h7H,1-6H2;3-4H,1-2H3. The van der Waals surface area contributed by atoms with E-state index in [-0.39, 0.29) is 6.10 Å². The lowest BCUT2D eigenvalue weighted by molar-refractivity contribution is 0.111. The first-order chi connectivity index (χ1) is 5.68. The van der Waals surface area contributed by atoms with Crippen LogP contribution in [-0.4, -0.2) is 35.7 Å². The van der Waals surface area contributed by atoms with E-state index in [1.54, 1.807) is 13.8 Å². The van der Waals surface area contributed by atoms with Gasteiger partial charge in [0.1, 0.15) is 0 Å². The van der Waals surface area contributed by atoms with Gasteiger partial charge in [0.05, 0.1) is 0 Å². The molecule has 2 heteroatoms. The molecule has 3 heterocycles. The lowest BCUT2D eigenvalue weighted by Crippen LogP contribution is -2.41. The van der Waals surface area contributed by atoms with E-state index in [0.717, 1.165) is 5.92 Å². The normalized spacial score (nSPS) is 33.0. The maximum Gasteiger partial charge on any atom is 0.0483 e. The Hall–Kier alpha value is -0.0800. The van der Waals surface area contributed by atoms with Crippen LogP contribution in [0.3, 0.4) is 0 Å². The summed E-state index contributed by atoms with van der Waals surface area (Å²) < 4.78 is 0. The van der Waals surface area contributed by atoms with Gasteiger partial charge >= 0.3 is 0 Å². The molecule has 0 spiro atoms. The molecule has 0 aromatic heterocycles. The number of aliphatic hydroxyl groups excluding tert-OH is 1. The number of hydrogen-bond acceptors (Lipinski definition) is 2. The van der Waals surface area contributed by atoms with Crippen LogP contribution in [0.1, 0.15) is 33.1 Å². The van der Waals surface area contributed by atoms with E-state index in [9.17, 15) is 0 Å². The highest BCUT2D eigenvalue weighted by atomic mass is 16.3. The second-order valence-corrected chi connectivity index (χ2v) is 4.17. The molecule has 3 rings (SSSR count). The number of piperidine rings is 3. The monoisotopic (exact) mass is 171 g/mol. The van der Waals surface area contributed by atoms with Crippen LogP contribution in [0.2, 0.25) is 0 Å². The van der Waals surface area contributed by atoms with Gasteiger partial charge in [-0.05, 0) is 58.7 Å². The van der Waals surface area contributed by atoms with Crippen molar-refractivity contribution in [2.75, 3.05) is 19.6 Å². The van der Waals surface area contributed by atoms with E-state index in [0.29, 0.717) is 0 Å². The fourth-order valence-electron chi connectivity index (χ4n) is 1.86. The maximum absolute atomic E-state index is 8.06. The van der Waals surface area contributed by atoms with Gasteiger partial charge in [-0.1, -0.05) is 0 Å². The first kappa shape index (κ1) is 10.0. The molecule has 0 unspecified atom stereocenters. The summed E-state index contributed by atoms with van der Waals surface area (Å²) in [6.45, 7) is 7.62. The minimum atomic E-state index is -0.167. The van der Waals surface area contributed by atoms with E-state index in [4.69, 9.17) is 5.11 Å². The maximum atomic E-state index is 8.06. The molecule has 3 aliphatic heterocycles. The van der Waals surface area contributed by atoms with Crippen LogP contribution in [0.25, 0.3) is 0 Å². The summed E-state index contributed by atoms with van der Waals surface area (Å²) in [6.07, 6.45) is 4.29. The Morgan fingerprint density at radius 1 is 1.08 bits per heavy atom. The summed E-state index contributed by atoms with van der Waals surface area (Å²) in [7, 11) is 0. The van der Waals surface area contributed by atoms with Crippen LogP contribution in [-0.2, 0) is 0 Å². The van der Waals surface area contributed by atoms with Crippen LogP contribution >= 0.6 is 0 Å². The number of fused-ring (bicyclic) bond motifs is 3. The van der Waals surface area contributed by atoms with Gasteiger partial charge in [0, 0.05) is 6.10 Å². The lowest BCUT2D eigenvalue weighted by atomic mass is 9.89. The van der Waals surface area contributed by atoms with E-state index in [1.807, 2.05) is 0 Å². The van der Waals surface area contributed by atoms with Gasteiger partial charge in [0.2, 0.25) is 0 Å². The van der Waals surface area contributed by atoms with Crippen LogP contribution in [0.15, 0.2) is 0 Å². The van der Waals surface area contributed by atoms with Crippen molar-refractivity contribution in [1.29, 1.82) is 0 Å². The highest BCUT2D eigenvalue weighted by molar-refractivity contribution is 4.78. The molecule has 12 heavy (non-hydrogen) atoms. The molecular weight excluding hydrogens is 150 g/mol. The molecule has 0 radical (unpaired) electrons. The van der Waals surface area contributed by atoms with Crippen molar-refractivity contribution in [2.45, 2.75) is 39.2 Å². The van der Waals surface area contributed by atoms with Gasteiger partial charge in [-0.3, -0.25) is 0 Å². The largest absolute Gasteiger partial charge is 0.394 e. The highest BCUT2D eigenvalue weighted by Crippen LogP contribution is 2.26. The van der Waals surface area contributed by atoms with E-state index >= 15 is 0 Å². The van der Waals surface area contributed by atoms with Crippen molar-refractivity contribution < 1.29 is 5.11 Å². The van der Waals surface area contributed by atoms with Crippen molar-refractivity contribution in [1.82, 2.24) is 4.90 Å². The third-order valence-corrected chi connectivity index (χ3v) is 2.56. The first-order valence-corrected chi connectivity index (χ1v) is 5.09. The fraction of sp³-hybridized carbons (Fsp3) is 1.00. The minimum Gasteiger partial charge on any atom is -0.394 e. The molecule has 2 nitrogen and oxygen atoms in total. The average Bonchev–Trinajstić information content (AvgIpc) is 2.07. The number of hydrogen-bond donors (Lipinski definition) is 1. The Kier molecular flexibility index (Phi) is 4.02. The van der Waals surface area contributed by atoms with E-state index in [1.165, 1.54) is 38.9 Å². The first-order valence-electron chi connectivity index (χ1n) is 5.09. The molecule has 0 saturated carbocycles. The van der Waals surface area contributed by atoms with Crippen LogP contribution in [0, 0.1) is 5.92 Å². The van der Waals surface area contributed by atoms with Crippen molar-refractivity contribution in [2.24, 2.45) is 5.92 Å². The molecule has 1 N–H and O–H groups in total. The van der Waals surface area contributed by atoms with Gasteiger partial charge in [0.15, 0.2) is 0 Å². The quantitative estimate of drug-likeness (QED) is 0.597. The molecule has 2 bridgehead atoms. The zero-order valence-corrected chi connectivity index (χ0v) is 8.29. The summed E-state index contributed by atoms with van der Waals surface area (Å²) in [4.78, 5) is 2.58. The molecule has 0 amide bonds. The van der Waals surface area contributed by atoms with E-state index < -0.39 is 0 Å². The van der Waals surface area contributed by atoms with Gasteiger partial charge < -0.3 is 10.0 Å². The van der Waals surface area contributed by atoms with Gasteiger partial charge in [-0.15, -0.1) is 0 Å². The lowest BCUT2D eigenvalue weighted by Gasteiger charge is -2.38. The topological polar surface area (TPSA) is 23.5 Å². The van der Waals surface area contributed by atoms with Crippen LogP contribution in [0.5, 0.6) is 0 Å². The number of rotatable bonds is 0. The molecule has 0 aromatic carbocycles. The molecular formula is C10H21NO. The fourth-order valence-corrected chi connectivity index (χ4v) is 1.86. The zero-order valence-electron chi connectivity index (χ0n) is 8.29. The predicted octanol–water partition coefficient (Wildman–Crippen LogP) is 1.49.